The molecule has 0 bridgehead atoms. The van der Waals surface area contributed by atoms with Gasteiger partial charge in [-0.3, -0.25) is 5.32 Å². The quantitative estimate of drug-likeness (QED) is 0.805. The van der Waals surface area contributed by atoms with E-state index in [2.05, 4.69) is 15.7 Å². The summed E-state index contributed by atoms with van der Waals surface area (Å²) >= 11 is 0. The first-order valence-electron chi connectivity index (χ1n) is 9.50. The van der Waals surface area contributed by atoms with Crippen LogP contribution in [0, 0.1) is 6.92 Å². The van der Waals surface area contributed by atoms with E-state index in [0.29, 0.717) is 19.1 Å². The van der Waals surface area contributed by atoms with E-state index in [4.69, 9.17) is 0 Å². The molecule has 1 aromatic heterocycles. The summed E-state index contributed by atoms with van der Waals surface area (Å²) in [4.78, 5) is 14.6. The molecule has 2 N–H and O–H groups in total. The van der Waals surface area contributed by atoms with Gasteiger partial charge in [-0.2, -0.15) is 5.10 Å². The van der Waals surface area contributed by atoms with Gasteiger partial charge in [0.1, 0.15) is 5.82 Å². The van der Waals surface area contributed by atoms with Crippen LogP contribution in [0.3, 0.4) is 0 Å². The normalized spacial score (nSPS) is 28.7. The van der Waals surface area contributed by atoms with Crippen LogP contribution in [0.4, 0.5) is 10.6 Å². The number of urea groups is 1. The van der Waals surface area contributed by atoms with E-state index in [1.165, 1.54) is 19.3 Å². The largest absolute Gasteiger partial charge is 0.323 e. The second-order valence-corrected chi connectivity index (χ2v) is 9.89. The number of nitrogens with zero attached hydrogens (tertiary/aromatic N) is 3. The van der Waals surface area contributed by atoms with Crippen molar-refractivity contribution >= 4 is 21.7 Å². The fourth-order valence-corrected chi connectivity index (χ4v) is 6.47. The molecule has 3 heterocycles. The van der Waals surface area contributed by atoms with Gasteiger partial charge in [0.05, 0.1) is 29.3 Å². The first kappa shape index (κ1) is 17.8. The van der Waals surface area contributed by atoms with Gasteiger partial charge in [-0.25, -0.2) is 17.9 Å². The number of amides is 2. The summed E-state index contributed by atoms with van der Waals surface area (Å²) in [6, 6.07) is 1.55. The highest BCUT2D eigenvalue weighted by Crippen LogP contribution is 2.31. The zero-order valence-corrected chi connectivity index (χ0v) is 16.0. The van der Waals surface area contributed by atoms with Crippen molar-refractivity contribution in [2.45, 2.75) is 57.2 Å². The minimum absolute atomic E-state index is 0.0407. The lowest BCUT2D eigenvalue weighted by atomic mass is 9.96. The third-order valence-electron chi connectivity index (χ3n) is 5.76. The van der Waals surface area contributed by atoms with Gasteiger partial charge in [0, 0.05) is 25.2 Å². The monoisotopic (exact) mass is 381 g/mol. The second kappa shape index (κ2) is 6.84. The van der Waals surface area contributed by atoms with E-state index >= 15 is 0 Å². The third-order valence-corrected chi connectivity index (χ3v) is 7.47. The summed E-state index contributed by atoms with van der Waals surface area (Å²) in [6.45, 7) is 3.06. The SMILES string of the molecule is Cc1cc(NC(=O)N2CCNC3CS(=O)(=O)CC32)n(C2CCCCC2)n1. The Hall–Kier alpha value is -1.61. The molecule has 2 aliphatic heterocycles. The Labute approximate surface area is 154 Å². The predicted molar refractivity (Wildman–Crippen MR) is 99.0 cm³/mol. The Kier molecular flexibility index (Phi) is 4.68. The first-order chi connectivity index (χ1) is 12.4. The van der Waals surface area contributed by atoms with Crippen molar-refractivity contribution in [1.29, 1.82) is 0 Å². The van der Waals surface area contributed by atoms with Crippen LogP contribution in [0.25, 0.3) is 0 Å². The molecule has 3 aliphatic rings. The molecule has 2 saturated heterocycles. The van der Waals surface area contributed by atoms with Gasteiger partial charge in [0.25, 0.3) is 0 Å². The van der Waals surface area contributed by atoms with Gasteiger partial charge < -0.3 is 10.2 Å². The van der Waals surface area contributed by atoms with E-state index in [-0.39, 0.29) is 29.6 Å². The fraction of sp³-hybridized carbons (Fsp3) is 0.765. The van der Waals surface area contributed by atoms with Crippen LogP contribution in [0.15, 0.2) is 6.07 Å². The van der Waals surface area contributed by atoms with Crippen molar-refractivity contribution in [3.8, 4) is 0 Å². The van der Waals surface area contributed by atoms with Crippen LogP contribution < -0.4 is 10.6 Å². The molecule has 3 fully saturated rings. The molecule has 2 unspecified atom stereocenters. The first-order valence-corrected chi connectivity index (χ1v) is 11.3. The van der Waals surface area contributed by atoms with Crippen LogP contribution >= 0.6 is 0 Å². The highest BCUT2D eigenvalue weighted by atomic mass is 32.2. The molecule has 1 aliphatic carbocycles. The summed E-state index contributed by atoms with van der Waals surface area (Å²) in [5.74, 6) is 0.870. The number of piperazine rings is 1. The van der Waals surface area contributed by atoms with Crippen LogP contribution in [0.1, 0.15) is 43.8 Å². The van der Waals surface area contributed by atoms with Crippen LogP contribution in [-0.2, 0) is 9.84 Å². The molecule has 2 amide bonds. The van der Waals surface area contributed by atoms with E-state index in [1.54, 1.807) is 4.90 Å². The lowest BCUT2D eigenvalue weighted by molar-refractivity contribution is 0.163. The molecule has 144 valence electrons. The number of aromatic nitrogens is 2. The van der Waals surface area contributed by atoms with E-state index in [0.717, 1.165) is 24.4 Å². The van der Waals surface area contributed by atoms with E-state index < -0.39 is 9.84 Å². The Bertz CT molecular complexity index is 784. The van der Waals surface area contributed by atoms with Gasteiger partial charge in [-0.05, 0) is 19.8 Å². The van der Waals surface area contributed by atoms with Crippen molar-refractivity contribution in [2.24, 2.45) is 0 Å². The molecule has 1 saturated carbocycles. The smallest absolute Gasteiger partial charge is 0.318 e. The number of nitrogens with one attached hydrogen (secondary N) is 2. The van der Waals surface area contributed by atoms with Crippen LogP contribution in [0.5, 0.6) is 0 Å². The highest BCUT2D eigenvalue weighted by Gasteiger charge is 2.44. The van der Waals surface area contributed by atoms with Gasteiger partial charge in [0.2, 0.25) is 0 Å². The predicted octanol–water partition coefficient (Wildman–Crippen LogP) is 1.30. The topological polar surface area (TPSA) is 96.3 Å². The summed E-state index contributed by atoms with van der Waals surface area (Å²) in [5.41, 5.74) is 0.882. The van der Waals surface area contributed by atoms with Crippen molar-refractivity contribution in [1.82, 2.24) is 20.0 Å². The maximum absolute atomic E-state index is 12.9. The van der Waals surface area contributed by atoms with E-state index in [1.807, 2.05) is 17.7 Å². The number of aryl methyl sites for hydroxylation is 1. The lowest BCUT2D eigenvalue weighted by Gasteiger charge is -2.37. The van der Waals surface area contributed by atoms with Crippen molar-refractivity contribution in [3.63, 3.8) is 0 Å². The molecule has 0 spiro atoms. The molecule has 2 atom stereocenters. The Balaban J connectivity index is 1.51. The zero-order chi connectivity index (χ0) is 18.3. The summed E-state index contributed by atoms with van der Waals surface area (Å²) in [5, 5.41) is 10.8. The Morgan fingerprint density at radius 1 is 1.27 bits per heavy atom. The van der Waals surface area contributed by atoms with Gasteiger partial charge in [-0.15, -0.1) is 0 Å². The Morgan fingerprint density at radius 2 is 2.04 bits per heavy atom. The molecular formula is C17H27N5O3S. The number of hydrogen-bond acceptors (Lipinski definition) is 5. The Morgan fingerprint density at radius 3 is 2.81 bits per heavy atom. The third kappa shape index (κ3) is 3.46. The second-order valence-electron chi connectivity index (χ2n) is 7.74. The number of carbonyl (C=O) groups excluding carboxylic acids is 1. The average Bonchev–Trinajstić information content (AvgIpc) is 3.12. The number of anilines is 1. The van der Waals surface area contributed by atoms with E-state index in [9.17, 15) is 13.2 Å². The molecule has 9 heteroatoms. The average molecular weight is 382 g/mol. The minimum Gasteiger partial charge on any atom is -0.318 e. The highest BCUT2D eigenvalue weighted by molar-refractivity contribution is 7.91. The maximum Gasteiger partial charge on any atom is 0.323 e. The molecule has 26 heavy (non-hydrogen) atoms. The number of fused-ring (bicyclic) bond motifs is 1. The zero-order valence-electron chi connectivity index (χ0n) is 15.1. The molecule has 1 aromatic rings. The van der Waals surface area contributed by atoms with Crippen molar-refractivity contribution < 1.29 is 13.2 Å². The maximum atomic E-state index is 12.9. The van der Waals surface area contributed by atoms with Gasteiger partial charge >= 0.3 is 6.03 Å². The molecule has 4 rings (SSSR count). The molecular weight excluding hydrogens is 354 g/mol. The standard InChI is InChI=1S/C17H27N5O3S/c1-12-9-16(22(20-12)13-5-3-2-4-6-13)19-17(23)21-8-7-18-14-10-26(24,25)11-15(14)21/h9,13-15,18H,2-8,10-11H2,1H3,(H,19,23). The number of sulfone groups is 1. The number of carbonyl (C=O) groups is 1. The summed E-state index contributed by atoms with van der Waals surface area (Å²) in [7, 11) is -3.09. The van der Waals surface area contributed by atoms with Crippen molar-refractivity contribution in [2.75, 3.05) is 29.9 Å². The fourth-order valence-electron chi connectivity index (χ4n) is 4.51. The summed E-state index contributed by atoms with van der Waals surface area (Å²) < 4.78 is 25.9. The van der Waals surface area contributed by atoms with Crippen LogP contribution in [0.2, 0.25) is 0 Å². The molecule has 0 radical (unpaired) electrons. The number of rotatable bonds is 2. The molecule has 0 aromatic carbocycles. The summed E-state index contributed by atoms with van der Waals surface area (Å²) in [6.07, 6.45) is 5.81. The molecule has 8 nitrogen and oxygen atoms in total. The van der Waals surface area contributed by atoms with Gasteiger partial charge in [0.15, 0.2) is 9.84 Å². The lowest BCUT2D eigenvalue weighted by Crippen LogP contribution is -2.60. The van der Waals surface area contributed by atoms with Crippen molar-refractivity contribution in [3.05, 3.63) is 11.8 Å². The number of hydrogen-bond donors (Lipinski definition) is 2. The van der Waals surface area contributed by atoms with Gasteiger partial charge in [-0.1, -0.05) is 19.3 Å². The minimum atomic E-state index is -3.09. The van der Waals surface area contributed by atoms with Crippen LogP contribution in [-0.4, -0.2) is 65.8 Å².